The number of carbonyl (C=O) groups excluding carboxylic acids is 1. The quantitative estimate of drug-likeness (QED) is 0.438. The first-order valence-electron chi connectivity index (χ1n) is 9.13. The van der Waals surface area contributed by atoms with Crippen LogP contribution in [-0.2, 0) is 9.84 Å². The molecule has 30 heavy (non-hydrogen) atoms. The maximum atomic E-state index is 13.4. The first-order valence-corrected chi connectivity index (χ1v) is 12.7. The normalized spacial score (nSPS) is 12.1. The molecule has 0 unspecified atom stereocenters. The van der Waals surface area contributed by atoms with Crippen LogP contribution >= 0.6 is 22.7 Å². The highest BCUT2D eigenvalue weighted by atomic mass is 32.2. The summed E-state index contributed by atoms with van der Waals surface area (Å²) in [6, 6.07) is 10.3. The van der Waals surface area contributed by atoms with E-state index in [-0.39, 0.29) is 10.8 Å². The monoisotopic (exact) mass is 460 g/mol. The molecule has 10 heteroatoms. The predicted molar refractivity (Wildman–Crippen MR) is 123 cm³/mol. The predicted octanol–water partition coefficient (Wildman–Crippen LogP) is 3.52. The van der Waals surface area contributed by atoms with Crippen LogP contribution in [0.2, 0.25) is 0 Å². The molecule has 156 valence electrons. The Kier molecular flexibility index (Phi) is 5.58. The number of hydrogen-bond acceptors (Lipinski definition) is 8. The fraction of sp³-hybridized carbons (Fsp3) is 0.250. The van der Waals surface area contributed by atoms with Crippen molar-refractivity contribution in [2.75, 3.05) is 38.3 Å². The summed E-state index contributed by atoms with van der Waals surface area (Å²) in [6.07, 6.45) is 1.18. The summed E-state index contributed by atoms with van der Waals surface area (Å²) in [5, 5.41) is 0.548. The van der Waals surface area contributed by atoms with Crippen molar-refractivity contribution >= 4 is 64.0 Å². The Hall–Kier alpha value is -2.40. The minimum atomic E-state index is -3.31. The Morgan fingerprint density at radius 3 is 2.53 bits per heavy atom. The number of nitrogens with zero attached hydrogens (tertiary/aromatic N) is 4. The zero-order chi connectivity index (χ0) is 21.5. The number of hydrogen-bond donors (Lipinski definition) is 0. The molecule has 0 N–H and O–H groups in total. The Morgan fingerprint density at radius 2 is 1.80 bits per heavy atom. The van der Waals surface area contributed by atoms with Crippen LogP contribution in [0, 0.1) is 0 Å². The third kappa shape index (κ3) is 4.22. The molecule has 0 fully saturated rings. The van der Waals surface area contributed by atoms with E-state index < -0.39 is 9.84 Å². The number of likely N-dealkylation sites (N-methyl/N-ethyl adjacent to an activating group) is 1. The number of amides is 1. The SMILES string of the molecule is CN(C)CCN(C(=O)c1ccc2ncsc2c1)c1nc2ccc(S(C)(=O)=O)cc2s1. The van der Waals surface area contributed by atoms with Gasteiger partial charge in [-0.15, -0.1) is 11.3 Å². The largest absolute Gasteiger partial charge is 0.308 e. The van der Waals surface area contributed by atoms with Crippen molar-refractivity contribution in [2.24, 2.45) is 0 Å². The summed E-state index contributed by atoms with van der Waals surface area (Å²) in [7, 11) is 0.580. The van der Waals surface area contributed by atoms with Crippen LogP contribution in [0.5, 0.6) is 0 Å². The molecule has 0 aliphatic rings. The van der Waals surface area contributed by atoms with Gasteiger partial charge in [0.25, 0.3) is 5.91 Å². The van der Waals surface area contributed by atoms with Gasteiger partial charge < -0.3 is 4.90 Å². The molecule has 0 saturated carbocycles. The van der Waals surface area contributed by atoms with Crippen LogP contribution in [0.1, 0.15) is 10.4 Å². The average molecular weight is 461 g/mol. The van der Waals surface area contributed by atoms with Crippen molar-refractivity contribution in [2.45, 2.75) is 4.90 Å². The number of rotatable bonds is 6. The van der Waals surface area contributed by atoms with E-state index in [4.69, 9.17) is 0 Å². The first kappa shape index (κ1) is 20.9. The van der Waals surface area contributed by atoms with Crippen molar-refractivity contribution in [1.29, 1.82) is 0 Å². The van der Waals surface area contributed by atoms with E-state index in [1.807, 2.05) is 31.1 Å². The lowest BCUT2D eigenvalue weighted by atomic mass is 10.2. The van der Waals surface area contributed by atoms with Crippen LogP contribution in [0.4, 0.5) is 5.13 Å². The standard InChI is InChI=1S/C20H20N4O3S3/c1-23(2)8-9-24(19(25)13-4-6-15-17(10-13)28-12-21-15)20-22-16-7-5-14(30(3,26)27)11-18(16)29-20/h4-7,10-12H,8-9H2,1-3H3. The maximum Gasteiger partial charge on any atom is 0.260 e. The molecule has 1 amide bonds. The van der Waals surface area contributed by atoms with E-state index in [1.165, 1.54) is 28.9 Å². The van der Waals surface area contributed by atoms with Crippen molar-refractivity contribution in [1.82, 2.24) is 14.9 Å². The van der Waals surface area contributed by atoms with Crippen LogP contribution < -0.4 is 4.90 Å². The van der Waals surface area contributed by atoms with E-state index >= 15 is 0 Å². The van der Waals surface area contributed by atoms with E-state index in [0.717, 1.165) is 14.9 Å². The maximum absolute atomic E-state index is 13.4. The number of thiazole rings is 2. The second-order valence-corrected chi connectivity index (χ2v) is 11.1. The van der Waals surface area contributed by atoms with Gasteiger partial charge in [-0.05, 0) is 50.5 Å². The molecule has 0 radical (unpaired) electrons. The molecular formula is C20H20N4O3S3. The molecule has 0 aliphatic heterocycles. The molecule has 7 nitrogen and oxygen atoms in total. The van der Waals surface area contributed by atoms with Crippen molar-refractivity contribution in [3.8, 4) is 0 Å². The average Bonchev–Trinajstić information content (AvgIpc) is 3.32. The van der Waals surface area contributed by atoms with Gasteiger partial charge in [0.2, 0.25) is 0 Å². The van der Waals surface area contributed by atoms with Crippen molar-refractivity contribution in [3.05, 3.63) is 47.5 Å². The fourth-order valence-corrected chi connectivity index (χ4v) is 5.43. The van der Waals surface area contributed by atoms with Crippen molar-refractivity contribution in [3.63, 3.8) is 0 Å². The van der Waals surface area contributed by atoms with Gasteiger partial charge in [0.05, 0.1) is 30.8 Å². The lowest BCUT2D eigenvalue weighted by Gasteiger charge is -2.22. The van der Waals surface area contributed by atoms with Gasteiger partial charge in [0.1, 0.15) is 0 Å². The second kappa shape index (κ2) is 8.03. The molecule has 0 atom stereocenters. The number of benzene rings is 2. The molecule has 0 saturated heterocycles. The van der Waals surface area contributed by atoms with Crippen molar-refractivity contribution < 1.29 is 13.2 Å². The van der Waals surface area contributed by atoms with Crippen LogP contribution in [0.3, 0.4) is 0 Å². The highest BCUT2D eigenvalue weighted by Gasteiger charge is 2.22. The summed E-state index contributed by atoms with van der Waals surface area (Å²) in [5.74, 6) is -0.144. The van der Waals surface area contributed by atoms with E-state index in [0.29, 0.717) is 29.3 Å². The Balaban J connectivity index is 1.75. The second-order valence-electron chi connectivity index (χ2n) is 7.19. The molecular weight excluding hydrogens is 440 g/mol. The fourth-order valence-electron chi connectivity index (χ4n) is 2.97. The highest BCUT2D eigenvalue weighted by Crippen LogP contribution is 2.32. The number of sulfone groups is 1. The molecule has 2 aromatic heterocycles. The van der Waals surface area contributed by atoms with Crippen LogP contribution in [0.15, 0.2) is 46.8 Å². The van der Waals surface area contributed by atoms with E-state index in [9.17, 15) is 13.2 Å². The smallest absolute Gasteiger partial charge is 0.260 e. The molecule has 2 heterocycles. The van der Waals surface area contributed by atoms with E-state index in [2.05, 4.69) is 9.97 Å². The molecule has 4 aromatic rings. The first-order chi connectivity index (χ1) is 14.2. The topological polar surface area (TPSA) is 83.5 Å². The Morgan fingerprint density at radius 1 is 1.03 bits per heavy atom. The van der Waals surface area contributed by atoms with Gasteiger partial charge in [-0.2, -0.15) is 0 Å². The lowest BCUT2D eigenvalue weighted by Crippen LogP contribution is -2.36. The van der Waals surface area contributed by atoms with Crippen LogP contribution in [-0.4, -0.2) is 62.6 Å². The van der Waals surface area contributed by atoms with Gasteiger partial charge in [0.15, 0.2) is 15.0 Å². The molecule has 2 aromatic carbocycles. The van der Waals surface area contributed by atoms with Gasteiger partial charge in [0, 0.05) is 24.9 Å². The molecule has 0 spiro atoms. The summed E-state index contributed by atoms with van der Waals surface area (Å²) in [4.78, 5) is 26.2. The molecule has 0 aliphatic carbocycles. The highest BCUT2D eigenvalue weighted by molar-refractivity contribution is 7.90. The van der Waals surface area contributed by atoms with Gasteiger partial charge in [-0.25, -0.2) is 18.4 Å². The van der Waals surface area contributed by atoms with E-state index in [1.54, 1.807) is 34.7 Å². The zero-order valence-corrected chi connectivity index (χ0v) is 19.1. The number of aromatic nitrogens is 2. The summed E-state index contributed by atoms with van der Waals surface area (Å²) in [6.45, 7) is 1.13. The van der Waals surface area contributed by atoms with Gasteiger partial charge in [-0.3, -0.25) is 9.69 Å². The van der Waals surface area contributed by atoms with Gasteiger partial charge >= 0.3 is 0 Å². The Labute approximate surface area is 182 Å². The number of carbonyl (C=O) groups is 1. The lowest BCUT2D eigenvalue weighted by molar-refractivity contribution is 0.0985. The third-order valence-corrected chi connectivity index (χ3v) is 7.54. The molecule has 0 bridgehead atoms. The minimum absolute atomic E-state index is 0.144. The van der Waals surface area contributed by atoms with Gasteiger partial charge in [-0.1, -0.05) is 11.3 Å². The summed E-state index contributed by atoms with van der Waals surface area (Å²) in [5.41, 5.74) is 3.87. The third-order valence-electron chi connectivity index (χ3n) is 4.60. The number of fused-ring (bicyclic) bond motifs is 2. The zero-order valence-electron chi connectivity index (χ0n) is 16.7. The summed E-state index contributed by atoms with van der Waals surface area (Å²) >= 11 is 2.81. The molecule has 4 rings (SSSR count). The minimum Gasteiger partial charge on any atom is -0.308 e. The number of anilines is 1. The van der Waals surface area contributed by atoms with Crippen LogP contribution in [0.25, 0.3) is 20.4 Å². The Bertz CT molecular complexity index is 1340. The summed E-state index contributed by atoms with van der Waals surface area (Å²) < 4.78 is 25.5.